The monoisotopic (exact) mass is 1070 g/mol. The summed E-state index contributed by atoms with van der Waals surface area (Å²) in [6.07, 6.45) is 0. The van der Waals surface area contributed by atoms with Crippen LogP contribution in [0.5, 0.6) is 0 Å². The lowest BCUT2D eigenvalue weighted by molar-refractivity contribution is 1.18. The highest BCUT2D eigenvalue weighted by Crippen LogP contribution is 2.46. The molecule has 2 nitrogen and oxygen atoms in total. The summed E-state index contributed by atoms with van der Waals surface area (Å²) in [4.78, 5) is 3.38. The van der Waals surface area contributed by atoms with Gasteiger partial charge in [-0.1, -0.05) is 271 Å². The number of rotatable bonds is 5. The molecule has 79 heavy (non-hydrogen) atoms. The molecular weight excluding hydrogens is 1020 g/mol. The number of halogens is 1. The van der Waals surface area contributed by atoms with Crippen molar-refractivity contribution >= 4 is 103 Å². The second-order valence-electron chi connectivity index (χ2n) is 20.1. The van der Waals surface area contributed by atoms with E-state index in [0.717, 1.165) is 4.47 Å². The van der Waals surface area contributed by atoms with E-state index in [1.165, 1.54) is 137 Å². The number of H-pyrrole nitrogens is 1. The number of benzene rings is 14. The molecule has 0 bridgehead atoms. The predicted molar refractivity (Wildman–Crippen MR) is 342 cm³/mol. The van der Waals surface area contributed by atoms with Crippen LogP contribution >= 0.6 is 15.9 Å². The third-order valence-corrected chi connectivity index (χ3v) is 16.0. The van der Waals surface area contributed by atoms with E-state index in [-0.39, 0.29) is 0 Å². The summed E-state index contributed by atoms with van der Waals surface area (Å²) >= 11 is 3.64. The van der Waals surface area contributed by atoms with E-state index in [0.29, 0.717) is 0 Å². The summed E-state index contributed by atoms with van der Waals surface area (Å²) in [5.74, 6) is 0. The zero-order chi connectivity index (χ0) is 52.7. The fraction of sp³-hybridized carbons (Fsp3) is 0. The highest BCUT2D eigenvalue weighted by atomic mass is 79.9. The Balaban J connectivity index is 0.000000121. The van der Waals surface area contributed by atoms with Crippen LogP contribution in [0.3, 0.4) is 0 Å². The topological polar surface area (TPSA) is 20.7 Å². The standard InChI is InChI=1S/C38H25N.C26H17Br.C12H9N/c1-2-13-26(14-3-1)37-31-19-4-6-21-33(31)38(34-22-7-5-20-32(34)37)27-15-12-16-28(25-27)39-35-23-10-8-17-29(35)30-18-9-11-24-36(30)39;27-20-12-8-11-19(17-20)26-23-15-6-4-13-21(23)25(18-9-2-1-3-10-18)22-14-5-7-16-24(22)26;1-3-7-11-9(5-1)10-6-2-4-8-12(10)13-11/h1-25H;1-17H;1-8,13H. The summed E-state index contributed by atoms with van der Waals surface area (Å²) in [6.45, 7) is 0. The molecule has 0 aliphatic heterocycles. The number of aromatic amines is 1. The van der Waals surface area contributed by atoms with E-state index in [4.69, 9.17) is 0 Å². The second kappa shape index (κ2) is 20.6. The van der Waals surface area contributed by atoms with Crippen molar-refractivity contribution in [2.45, 2.75) is 0 Å². The average Bonchev–Trinajstić information content (AvgIpc) is 4.14. The van der Waals surface area contributed by atoms with Crippen LogP contribution in [-0.2, 0) is 0 Å². The van der Waals surface area contributed by atoms with Crippen molar-refractivity contribution in [3.8, 4) is 50.2 Å². The largest absolute Gasteiger partial charge is 0.355 e. The summed E-state index contributed by atoms with van der Waals surface area (Å²) in [6, 6.07) is 108. The van der Waals surface area contributed by atoms with Crippen LogP contribution in [0.4, 0.5) is 0 Å². The number of hydrogen-bond acceptors (Lipinski definition) is 0. The van der Waals surface area contributed by atoms with Gasteiger partial charge in [0.2, 0.25) is 0 Å². The van der Waals surface area contributed by atoms with Crippen molar-refractivity contribution in [2.24, 2.45) is 0 Å². The maximum Gasteiger partial charge on any atom is 0.0541 e. The van der Waals surface area contributed by atoms with E-state index >= 15 is 0 Å². The number of fused-ring (bicyclic) bond motifs is 10. The fourth-order valence-corrected chi connectivity index (χ4v) is 12.6. The van der Waals surface area contributed by atoms with Gasteiger partial charge < -0.3 is 9.55 Å². The van der Waals surface area contributed by atoms with Crippen molar-refractivity contribution in [1.82, 2.24) is 9.55 Å². The van der Waals surface area contributed by atoms with Gasteiger partial charge in [-0.25, -0.2) is 0 Å². The number of nitrogens with zero attached hydrogens (tertiary/aromatic N) is 1. The van der Waals surface area contributed by atoms with E-state index in [1.807, 2.05) is 0 Å². The zero-order valence-electron chi connectivity index (χ0n) is 43.2. The number of hydrogen-bond donors (Lipinski definition) is 1. The van der Waals surface area contributed by atoms with E-state index in [1.54, 1.807) is 0 Å². The Morgan fingerprint density at radius 3 is 0.911 bits per heavy atom. The SMILES string of the molecule is Brc1cccc(-c2c3ccccc3c(-c3ccccc3)c3ccccc23)c1.c1ccc(-c2c3ccccc3c(-c3cccc(-n4c5ccccc5c5ccccc54)c3)c3ccccc23)cc1.c1ccc2c(c1)[nH]c1ccccc12. The summed E-state index contributed by atoms with van der Waals surface area (Å²) < 4.78 is 3.50. The lowest BCUT2D eigenvalue weighted by Gasteiger charge is -2.18. The highest BCUT2D eigenvalue weighted by molar-refractivity contribution is 9.10. The van der Waals surface area contributed by atoms with E-state index in [2.05, 4.69) is 329 Å². The first-order chi connectivity index (χ1) is 39.2. The first kappa shape index (κ1) is 47.6. The third-order valence-electron chi connectivity index (χ3n) is 15.5. The van der Waals surface area contributed by atoms with Crippen molar-refractivity contribution in [3.05, 3.63) is 308 Å². The van der Waals surface area contributed by atoms with Gasteiger partial charge in [-0.2, -0.15) is 0 Å². The van der Waals surface area contributed by atoms with Gasteiger partial charge in [0.05, 0.1) is 11.0 Å². The molecule has 0 aliphatic carbocycles. The maximum absolute atomic E-state index is 3.64. The molecule has 3 heteroatoms. The molecule has 1 N–H and O–H groups in total. The van der Waals surface area contributed by atoms with Crippen molar-refractivity contribution in [1.29, 1.82) is 0 Å². The van der Waals surface area contributed by atoms with Crippen molar-refractivity contribution < 1.29 is 0 Å². The lowest BCUT2D eigenvalue weighted by Crippen LogP contribution is -1.95. The van der Waals surface area contributed by atoms with Gasteiger partial charge in [0, 0.05) is 42.7 Å². The van der Waals surface area contributed by atoms with Crippen LogP contribution in [-0.4, -0.2) is 9.55 Å². The van der Waals surface area contributed by atoms with Crippen LogP contribution in [0.25, 0.3) is 137 Å². The highest BCUT2D eigenvalue weighted by Gasteiger charge is 2.19. The normalized spacial score (nSPS) is 11.4. The number of para-hydroxylation sites is 4. The molecular formula is C76H51BrN2. The van der Waals surface area contributed by atoms with Gasteiger partial charge >= 0.3 is 0 Å². The molecule has 0 radical (unpaired) electrons. The van der Waals surface area contributed by atoms with Gasteiger partial charge in [-0.3, -0.25) is 0 Å². The molecule has 0 aliphatic rings. The molecule has 16 rings (SSSR count). The molecule has 0 unspecified atom stereocenters. The quantitative estimate of drug-likeness (QED) is 0.166. The Bertz CT molecular complexity index is 4700. The molecule has 2 heterocycles. The minimum Gasteiger partial charge on any atom is -0.355 e. The van der Waals surface area contributed by atoms with Gasteiger partial charge in [0.15, 0.2) is 0 Å². The van der Waals surface area contributed by atoms with Gasteiger partial charge in [-0.15, -0.1) is 0 Å². The van der Waals surface area contributed by atoms with Crippen molar-refractivity contribution in [3.63, 3.8) is 0 Å². The Morgan fingerprint density at radius 1 is 0.228 bits per heavy atom. The molecule has 0 saturated heterocycles. The van der Waals surface area contributed by atoms with Gasteiger partial charge in [0.1, 0.15) is 0 Å². The second-order valence-corrected chi connectivity index (χ2v) is 21.0. The van der Waals surface area contributed by atoms with Crippen molar-refractivity contribution in [2.75, 3.05) is 0 Å². The Hall–Kier alpha value is -9.80. The third kappa shape index (κ3) is 8.62. The molecule has 0 amide bonds. The smallest absolute Gasteiger partial charge is 0.0541 e. The molecule has 16 aromatic rings. The minimum absolute atomic E-state index is 1.10. The Morgan fingerprint density at radius 2 is 0.519 bits per heavy atom. The molecule has 372 valence electrons. The van der Waals surface area contributed by atoms with E-state index in [9.17, 15) is 0 Å². The fourth-order valence-electron chi connectivity index (χ4n) is 12.2. The van der Waals surface area contributed by atoms with Crippen LogP contribution in [0.15, 0.2) is 308 Å². The maximum atomic E-state index is 3.64. The van der Waals surface area contributed by atoms with Crippen LogP contribution in [0.2, 0.25) is 0 Å². The van der Waals surface area contributed by atoms with E-state index < -0.39 is 0 Å². The number of nitrogens with one attached hydrogen (secondary N) is 1. The van der Waals surface area contributed by atoms with Crippen LogP contribution in [0, 0.1) is 0 Å². The average molecular weight is 1070 g/mol. The predicted octanol–water partition coefficient (Wildman–Crippen LogP) is 21.8. The van der Waals surface area contributed by atoms with Gasteiger partial charge in [-0.05, 0) is 136 Å². The first-order valence-corrected chi connectivity index (χ1v) is 27.7. The first-order valence-electron chi connectivity index (χ1n) is 26.9. The number of aromatic nitrogens is 2. The van der Waals surface area contributed by atoms with Crippen LogP contribution in [0.1, 0.15) is 0 Å². The lowest BCUT2D eigenvalue weighted by atomic mass is 9.86. The Labute approximate surface area is 467 Å². The molecule has 0 atom stereocenters. The van der Waals surface area contributed by atoms with Crippen LogP contribution < -0.4 is 0 Å². The van der Waals surface area contributed by atoms with Gasteiger partial charge in [0.25, 0.3) is 0 Å². The molecule has 0 saturated carbocycles. The molecule has 0 fully saturated rings. The molecule has 14 aromatic carbocycles. The summed E-state index contributed by atoms with van der Waals surface area (Å²) in [5, 5.41) is 15.4. The molecule has 0 spiro atoms. The molecule has 2 aromatic heterocycles. The summed E-state index contributed by atoms with van der Waals surface area (Å²) in [7, 11) is 0. The zero-order valence-corrected chi connectivity index (χ0v) is 44.8. The minimum atomic E-state index is 1.10. The Kier molecular flexibility index (Phi) is 12.4. The summed E-state index contributed by atoms with van der Waals surface area (Å²) in [5.41, 5.74) is 16.2.